The van der Waals surface area contributed by atoms with Crippen LogP contribution in [0.3, 0.4) is 0 Å². The van der Waals surface area contributed by atoms with Crippen LogP contribution < -0.4 is 5.32 Å². The van der Waals surface area contributed by atoms with Crippen molar-refractivity contribution in [2.45, 2.75) is 50.1 Å². The summed E-state index contributed by atoms with van der Waals surface area (Å²) in [5, 5.41) is 2.88. The third-order valence-electron chi connectivity index (χ3n) is 2.37. The van der Waals surface area contributed by atoms with Gasteiger partial charge in [-0.15, -0.1) is 0 Å². The first-order valence-electron chi connectivity index (χ1n) is 5.17. The highest BCUT2D eigenvalue weighted by Gasteiger charge is 2.27. The van der Waals surface area contributed by atoms with Crippen LogP contribution in [0.25, 0.3) is 0 Å². The first-order valence-corrected chi connectivity index (χ1v) is 6.08. The third-order valence-corrected chi connectivity index (χ3v) is 2.82. The average molecular weight is 264 g/mol. The Bertz CT molecular complexity index is 197. The molecule has 0 aromatic carbocycles. The second-order valence-corrected chi connectivity index (χ2v) is 5.44. The highest BCUT2D eigenvalue weighted by molar-refractivity contribution is 9.09. The summed E-state index contributed by atoms with van der Waals surface area (Å²) in [5.74, 6) is 0.0440. The van der Waals surface area contributed by atoms with Gasteiger partial charge in [-0.05, 0) is 26.2 Å². The number of alkyl halides is 1. The van der Waals surface area contributed by atoms with E-state index in [0.29, 0.717) is 4.83 Å². The van der Waals surface area contributed by atoms with Gasteiger partial charge in [0.2, 0.25) is 5.91 Å². The molecule has 3 atom stereocenters. The van der Waals surface area contributed by atoms with E-state index in [9.17, 15) is 4.79 Å². The molecule has 4 heteroatoms. The maximum atomic E-state index is 11.5. The van der Waals surface area contributed by atoms with Crippen molar-refractivity contribution in [3.05, 3.63) is 0 Å². The zero-order valence-electron chi connectivity index (χ0n) is 8.75. The van der Waals surface area contributed by atoms with E-state index in [1.807, 2.05) is 6.92 Å². The van der Waals surface area contributed by atoms with Crippen molar-refractivity contribution in [1.82, 2.24) is 5.32 Å². The molecular formula is C10H18BrNO2. The molecule has 0 saturated carbocycles. The molecule has 1 rings (SSSR count). The quantitative estimate of drug-likeness (QED) is 0.787. The first kappa shape index (κ1) is 12.0. The average Bonchev–Trinajstić information content (AvgIpc) is 2.51. The lowest BCUT2D eigenvalue weighted by atomic mass is 10.2. The molecule has 1 aliphatic rings. The van der Waals surface area contributed by atoms with Crippen molar-refractivity contribution in [3.63, 3.8) is 0 Å². The minimum Gasteiger partial charge on any atom is -0.365 e. The molecule has 0 spiro atoms. The topological polar surface area (TPSA) is 38.3 Å². The zero-order chi connectivity index (χ0) is 10.6. The van der Waals surface area contributed by atoms with Crippen molar-refractivity contribution >= 4 is 21.8 Å². The molecule has 1 saturated heterocycles. The third kappa shape index (κ3) is 3.96. The Labute approximate surface area is 93.7 Å². The Balaban J connectivity index is 2.15. The maximum Gasteiger partial charge on any atom is 0.249 e. The standard InChI is InChI=1S/C10H18BrNO2/c1-7(11)5-6-12-10(13)9-4-3-8(2)14-9/h7-9H,3-6H2,1-2H3,(H,12,13). The predicted octanol–water partition coefficient (Wildman–Crippen LogP) is 1.84. The molecule has 3 unspecified atom stereocenters. The number of amides is 1. The summed E-state index contributed by atoms with van der Waals surface area (Å²) in [6, 6.07) is 0. The molecule has 14 heavy (non-hydrogen) atoms. The van der Waals surface area contributed by atoms with E-state index in [2.05, 4.69) is 28.2 Å². The van der Waals surface area contributed by atoms with Crippen molar-refractivity contribution in [1.29, 1.82) is 0 Å². The fourth-order valence-corrected chi connectivity index (χ4v) is 1.73. The summed E-state index contributed by atoms with van der Waals surface area (Å²) in [4.78, 5) is 12.0. The highest BCUT2D eigenvalue weighted by Crippen LogP contribution is 2.18. The van der Waals surface area contributed by atoms with E-state index in [1.165, 1.54) is 0 Å². The van der Waals surface area contributed by atoms with Crippen LogP contribution >= 0.6 is 15.9 Å². The van der Waals surface area contributed by atoms with Crippen molar-refractivity contribution in [2.24, 2.45) is 0 Å². The van der Waals surface area contributed by atoms with Crippen LogP contribution in [-0.2, 0) is 9.53 Å². The zero-order valence-corrected chi connectivity index (χ0v) is 10.3. The molecule has 0 aromatic heterocycles. The van der Waals surface area contributed by atoms with Gasteiger partial charge in [-0.2, -0.15) is 0 Å². The van der Waals surface area contributed by atoms with Crippen molar-refractivity contribution in [3.8, 4) is 0 Å². The number of rotatable bonds is 4. The molecule has 3 nitrogen and oxygen atoms in total. The largest absolute Gasteiger partial charge is 0.365 e. The van der Waals surface area contributed by atoms with Gasteiger partial charge in [-0.25, -0.2) is 0 Å². The fraction of sp³-hybridized carbons (Fsp3) is 0.900. The molecule has 1 heterocycles. The van der Waals surface area contributed by atoms with Crippen LogP contribution in [0, 0.1) is 0 Å². The van der Waals surface area contributed by atoms with Gasteiger partial charge in [-0.1, -0.05) is 22.9 Å². The lowest BCUT2D eigenvalue weighted by molar-refractivity contribution is -0.131. The molecule has 1 aliphatic heterocycles. The van der Waals surface area contributed by atoms with Crippen LogP contribution in [0.2, 0.25) is 0 Å². The van der Waals surface area contributed by atoms with Gasteiger partial charge < -0.3 is 10.1 Å². The summed E-state index contributed by atoms with van der Waals surface area (Å²) in [7, 11) is 0. The second kappa shape index (κ2) is 5.71. The van der Waals surface area contributed by atoms with Crippen LogP contribution in [-0.4, -0.2) is 29.5 Å². The minimum atomic E-state index is -0.212. The number of nitrogens with one attached hydrogen (secondary N) is 1. The normalized spacial score (nSPS) is 28.8. The SMILES string of the molecule is CC(Br)CCNC(=O)C1CCC(C)O1. The molecule has 1 N–H and O–H groups in total. The lowest BCUT2D eigenvalue weighted by Crippen LogP contribution is -2.35. The van der Waals surface area contributed by atoms with Gasteiger partial charge in [-0.3, -0.25) is 4.79 Å². The van der Waals surface area contributed by atoms with Crippen LogP contribution in [0.15, 0.2) is 0 Å². The minimum absolute atomic E-state index is 0.0440. The number of halogens is 1. The Morgan fingerprint density at radius 2 is 2.36 bits per heavy atom. The van der Waals surface area contributed by atoms with E-state index in [4.69, 9.17) is 4.74 Å². The molecule has 0 bridgehead atoms. The summed E-state index contributed by atoms with van der Waals surface area (Å²) < 4.78 is 5.46. The van der Waals surface area contributed by atoms with Crippen LogP contribution in [0.4, 0.5) is 0 Å². The Kier molecular flexibility index (Phi) is 4.89. The molecule has 0 aromatic rings. The van der Waals surface area contributed by atoms with Gasteiger partial charge in [0.25, 0.3) is 0 Å². The molecular weight excluding hydrogens is 246 g/mol. The van der Waals surface area contributed by atoms with Gasteiger partial charge in [0, 0.05) is 11.4 Å². The van der Waals surface area contributed by atoms with Gasteiger partial charge in [0.05, 0.1) is 6.10 Å². The molecule has 82 valence electrons. The Morgan fingerprint density at radius 1 is 1.64 bits per heavy atom. The van der Waals surface area contributed by atoms with Gasteiger partial charge in [0.15, 0.2) is 0 Å². The number of carbonyl (C=O) groups is 1. The Morgan fingerprint density at radius 3 is 2.86 bits per heavy atom. The summed E-state index contributed by atoms with van der Waals surface area (Å²) in [5.41, 5.74) is 0. The Hall–Kier alpha value is -0.0900. The van der Waals surface area contributed by atoms with E-state index in [0.717, 1.165) is 25.8 Å². The number of carbonyl (C=O) groups excluding carboxylic acids is 1. The van der Waals surface area contributed by atoms with E-state index in [-0.39, 0.29) is 18.1 Å². The second-order valence-electron chi connectivity index (χ2n) is 3.87. The van der Waals surface area contributed by atoms with E-state index >= 15 is 0 Å². The number of hydrogen-bond acceptors (Lipinski definition) is 2. The predicted molar refractivity (Wildman–Crippen MR) is 59.6 cm³/mol. The van der Waals surface area contributed by atoms with Gasteiger partial charge >= 0.3 is 0 Å². The van der Waals surface area contributed by atoms with E-state index in [1.54, 1.807) is 0 Å². The van der Waals surface area contributed by atoms with E-state index < -0.39 is 0 Å². The lowest BCUT2D eigenvalue weighted by Gasteiger charge is -2.11. The molecule has 1 fully saturated rings. The monoisotopic (exact) mass is 263 g/mol. The van der Waals surface area contributed by atoms with Gasteiger partial charge in [0.1, 0.15) is 6.10 Å². The van der Waals surface area contributed by atoms with Crippen LogP contribution in [0.5, 0.6) is 0 Å². The first-order chi connectivity index (χ1) is 6.59. The smallest absolute Gasteiger partial charge is 0.249 e. The van der Waals surface area contributed by atoms with Crippen molar-refractivity contribution in [2.75, 3.05) is 6.54 Å². The summed E-state index contributed by atoms with van der Waals surface area (Å²) >= 11 is 3.44. The molecule has 1 amide bonds. The summed E-state index contributed by atoms with van der Waals surface area (Å²) in [6.45, 7) is 4.80. The molecule has 0 radical (unpaired) electrons. The van der Waals surface area contributed by atoms with Crippen molar-refractivity contribution < 1.29 is 9.53 Å². The molecule has 0 aliphatic carbocycles. The maximum absolute atomic E-state index is 11.5. The summed E-state index contributed by atoms with van der Waals surface area (Å²) in [6.07, 6.45) is 2.83. The number of ether oxygens (including phenoxy) is 1. The highest BCUT2D eigenvalue weighted by atomic mass is 79.9. The van der Waals surface area contributed by atoms with Crippen LogP contribution in [0.1, 0.15) is 33.1 Å². The number of hydrogen-bond donors (Lipinski definition) is 1. The fourth-order valence-electron chi connectivity index (χ4n) is 1.50.